The molecular weight excluding hydrogens is 270 g/mol. The highest BCUT2D eigenvalue weighted by Crippen LogP contribution is 2.29. The van der Waals surface area contributed by atoms with Crippen LogP contribution >= 0.6 is 0 Å². The maximum atomic E-state index is 11.9. The Morgan fingerprint density at radius 3 is 2.43 bits per heavy atom. The first kappa shape index (κ1) is 18.0. The largest absolute Gasteiger partial charge is 0.480 e. The topological polar surface area (TPSA) is 89.6 Å². The van der Waals surface area contributed by atoms with Crippen molar-refractivity contribution in [3.8, 4) is 0 Å². The van der Waals surface area contributed by atoms with Gasteiger partial charge in [0.15, 0.2) is 0 Å². The molecule has 1 aliphatic carbocycles. The average Bonchev–Trinajstić information content (AvgIpc) is 2.40. The predicted molar refractivity (Wildman–Crippen MR) is 80.8 cm³/mol. The average molecular weight is 299 g/mol. The van der Waals surface area contributed by atoms with E-state index in [1.54, 1.807) is 0 Å². The number of nitrogens with two attached hydrogens (primary N) is 1. The van der Waals surface area contributed by atoms with Gasteiger partial charge in [-0.2, -0.15) is 0 Å². The lowest BCUT2D eigenvalue weighted by Crippen LogP contribution is -2.32. The normalized spacial score (nSPS) is 25.1. The highest BCUT2D eigenvalue weighted by molar-refractivity contribution is 5.73. The zero-order valence-corrected chi connectivity index (χ0v) is 13.2. The van der Waals surface area contributed by atoms with Crippen molar-refractivity contribution < 1.29 is 19.4 Å². The Balaban J connectivity index is 2.23. The molecule has 0 radical (unpaired) electrons. The van der Waals surface area contributed by atoms with Gasteiger partial charge in [0.05, 0.1) is 0 Å². The van der Waals surface area contributed by atoms with E-state index in [1.165, 1.54) is 12.8 Å². The second-order valence-electron chi connectivity index (χ2n) is 6.41. The third-order valence-electron chi connectivity index (χ3n) is 4.28. The van der Waals surface area contributed by atoms with Crippen LogP contribution < -0.4 is 5.73 Å². The van der Waals surface area contributed by atoms with Gasteiger partial charge in [-0.15, -0.1) is 0 Å². The maximum absolute atomic E-state index is 11.9. The molecule has 122 valence electrons. The zero-order chi connectivity index (χ0) is 15.8. The highest BCUT2D eigenvalue weighted by atomic mass is 16.5. The molecule has 1 rings (SSSR count). The number of aliphatic carboxylic acids is 1. The highest BCUT2D eigenvalue weighted by Gasteiger charge is 2.24. The third kappa shape index (κ3) is 6.93. The standard InChI is InChI=1S/C16H29NO4/c1-3-4-12-5-7-13(8-6-12)21-15(18)10-11(2)9-14(17)16(19)20/h11-14H,3-10,17H2,1-2H3,(H,19,20)/t11?,12?,13?,14-/m0/s1. The minimum absolute atomic E-state index is 0.0472. The molecule has 0 aromatic heterocycles. The van der Waals surface area contributed by atoms with Crippen LogP contribution in [0.1, 0.15) is 65.2 Å². The van der Waals surface area contributed by atoms with Crippen molar-refractivity contribution >= 4 is 11.9 Å². The number of carbonyl (C=O) groups is 2. The predicted octanol–water partition coefficient (Wildman–Crippen LogP) is 2.72. The van der Waals surface area contributed by atoms with Crippen molar-refractivity contribution in [1.82, 2.24) is 0 Å². The lowest BCUT2D eigenvalue weighted by atomic mass is 9.84. The van der Waals surface area contributed by atoms with Gasteiger partial charge in [0.1, 0.15) is 12.1 Å². The summed E-state index contributed by atoms with van der Waals surface area (Å²) in [5.41, 5.74) is 5.47. The third-order valence-corrected chi connectivity index (χ3v) is 4.28. The molecule has 0 bridgehead atoms. The van der Waals surface area contributed by atoms with Gasteiger partial charge in [0, 0.05) is 6.42 Å². The van der Waals surface area contributed by atoms with E-state index < -0.39 is 12.0 Å². The molecule has 21 heavy (non-hydrogen) atoms. The summed E-state index contributed by atoms with van der Waals surface area (Å²) < 4.78 is 5.50. The van der Waals surface area contributed by atoms with E-state index in [4.69, 9.17) is 15.6 Å². The van der Waals surface area contributed by atoms with Crippen molar-refractivity contribution in [1.29, 1.82) is 0 Å². The molecule has 0 saturated heterocycles. The Kier molecular flexibility index (Phi) is 7.72. The van der Waals surface area contributed by atoms with Gasteiger partial charge < -0.3 is 15.6 Å². The molecule has 1 fully saturated rings. The molecule has 5 nitrogen and oxygen atoms in total. The first-order chi connectivity index (χ1) is 9.92. The van der Waals surface area contributed by atoms with Crippen LogP contribution in [0, 0.1) is 11.8 Å². The van der Waals surface area contributed by atoms with E-state index in [0.717, 1.165) is 31.6 Å². The summed E-state index contributed by atoms with van der Waals surface area (Å²) >= 11 is 0. The Bertz CT molecular complexity index is 337. The molecule has 5 heteroatoms. The molecular formula is C16H29NO4. The Labute approximate surface area is 127 Å². The van der Waals surface area contributed by atoms with Gasteiger partial charge >= 0.3 is 11.9 Å². The second kappa shape index (κ2) is 9.03. The van der Waals surface area contributed by atoms with Crippen LogP contribution in [0.25, 0.3) is 0 Å². The Morgan fingerprint density at radius 1 is 1.29 bits per heavy atom. The molecule has 0 aromatic rings. The fourth-order valence-corrected chi connectivity index (χ4v) is 3.08. The molecule has 3 N–H and O–H groups in total. The number of carbonyl (C=O) groups excluding carboxylic acids is 1. The fourth-order valence-electron chi connectivity index (χ4n) is 3.08. The SMILES string of the molecule is CCCC1CCC(OC(=O)CC(C)C[C@H](N)C(=O)O)CC1. The minimum atomic E-state index is -1.02. The fraction of sp³-hybridized carbons (Fsp3) is 0.875. The Hall–Kier alpha value is -1.10. The van der Waals surface area contributed by atoms with Crippen molar-refractivity contribution in [2.24, 2.45) is 17.6 Å². The second-order valence-corrected chi connectivity index (χ2v) is 6.41. The van der Waals surface area contributed by atoms with Crippen LogP contribution in [-0.2, 0) is 14.3 Å². The number of carboxylic acid groups (broad SMARTS) is 1. The minimum Gasteiger partial charge on any atom is -0.480 e. The number of hydrogen-bond donors (Lipinski definition) is 2. The van der Waals surface area contributed by atoms with Gasteiger partial charge in [-0.1, -0.05) is 26.7 Å². The van der Waals surface area contributed by atoms with Crippen LogP contribution in [0.4, 0.5) is 0 Å². The number of carboxylic acids is 1. The summed E-state index contributed by atoms with van der Waals surface area (Å²) in [6.07, 6.45) is 7.28. The van der Waals surface area contributed by atoms with E-state index in [9.17, 15) is 9.59 Å². The van der Waals surface area contributed by atoms with E-state index in [2.05, 4.69) is 6.92 Å². The molecule has 1 aliphatic rings. The van der Waals surface area contributed by atoms with Gasteiger partial charge in [-0.3, -0.25) is 9.59 Å². The van der Waals surface area contributed by atoms with Crippen LogP contribution in [0.15, 0.2) is 0 Å². The molecule has 0 aromatic carbocycles. The zero-order valence-electron chi connectivity index (χ0n) is 13.2. The van der Waals surface area contributed by atoms with E-state index in [1.807, 2.05) is 6.92 Å². The molecule has 0 heterocycles. The maximum Gasteiger partial charge on any atom is 0.320 e. The van der Waals surface area contributed by atoms with Gasteiger partial charge in [0.25, 0.3) is 0 Å². The summed E-state index contributed by atoms with van der Waals surface area (Å²) in [6, 6.07) is -0.905. The first-order valence-corrected chi connectivity index (χ1v) is 8.10. The van der Waals surface area contributed by atoms with Crippen molar-refractivity contribution in [3.63, 3.8) is 0 Å². The molecule has 0 aliphatic heterocycles. The number of ether oxygens (including phenoxy) is 1. The molecule has 1 saturated carbocycles. The van der Waals surface area contributed by atoms with Crippen LogP contribution in [-0.4, -0.2) is 29.2 Å². The van der Waals surface area contributed by atoms with E-state index >= 15 is 0 Å². The van der Waals surface area contributed by atoms with E-state index in [-0.39, 0.29) is 24.4 Å². The molecule has 1 unspecified atom stereocenters. The molecule has 0 amide bonds. The first-order valence-electron chi connectivity index (χ1n) is 8.10. The van der Waals surface area contributed by atoms with Gasteiger partial charge in [0.2, 0.25) is 0 Å². The summed E-state index contributed by atoms with van der Waals surface area (Å²) in [4.78, 5) is 22.6. The summed E-state index contributed by atoms with van der Waals surface area (Å²) in [7, 11) is 0. The summed E-state index contributed by atoms with van der Waals surface area (Å²) in [6.45, 7) is 4.04. The van der Waals surface area contributed by atoms with E-state index in [0.29, 0.717) is 6.42 Å². The lowest BCUT2D eigenvalue weighted by Gasteiger charge is -2.28. The summed E-state index contributed by atoms with van der Waals surface area (Å²) in [5.74, 6) is -0.527. The van der Waals surface area contributed by atoms with Gasteiger partial charge in [-0.05, 0) is 43.9 Å². The van der Waals surface area contributed by atoms with Crippen LogP contribution in [0.5, 0.6) is 0 Å². The Morgan fingerprint density at radius 2 is 1.90 bits per heavy atom. The molecule has 2 atom stereocenters. The van der Waals surface area contributed by atoms with Crippen LogP contribution in [0.3, 0.4) is 0 Å². The quantitative estimate of drug-likeness (QED) is 0.673. The van der Waals surface area contributed by atoms with Crippen molar-refractivity contribution in [2.75, 3.05) is 0 Å². The number of hydrogen-bond acceptors (Lipinski definition) is 4. The van der Waals surface area contributed by atoms with Crippen LogP contribution in [0.2, 0.25) is 0 Å². The van der Waals surface area contributed by atoms with Crippen molar-refractivity contribution in [3.05, 3.63) is 0 Å². The monoisotopic (exact) mass is 299 g/mol. The molecule has 0 spiro atoms. The van der Waals surface area contributed by atoms with Gasteiger partial charge in [-0.25, -0.2) is 0 Å². The summed E-state index contributed by atoms with van der Waals surface area (Å²) in [5, 5.41) is 8.75. The van der Waals surface area contributed by atoms with Crippen molar-refractivity contribution in [2.45, 2.75) is 77.4 Å². The number of rotatable bonds is 8. The lowest BCUT2D eigenvalue weighted by molar-refractivity contribution is -0.152. The number of esters is 1. The smallest absolute Gasteiger partial charge is 0.320 e.